The quantitative estimate of drug-likeness (QED) is 0.790. The first-order valence-electron chi connectivity index (χ1n) is 5.30. The molecule has 0 saturated heterocycles. The van der Waals surface area contributed by atoms with E-state index in [0.29, 0.717) is 12.6 Å². The number of rotatable bonds is 4. The maximum absolute atomic E-state index is 5.86. The molecule has 86 valence electrons. The summed E-state index contributed by atoms with van der Waals surface area (Å²) < 4.78 is 6.95. The lowest BCUT2D eigenvalue weighted by Crippen LogP contribution is -2.06. The van der Waals surface area contributed by atoms with Gasteiger partial charge in [0.25, 0.3) is 0 Å². The van der Waals surface area contributed by atoms with E-state index in [1.165, 1.54) is 0 Å². The zero-order valence-electron chi connectivity index (χ0n) is 9.60. The van der Waals surface area contributed by atoms with Gasteiger partial charge in [-0.25, -0.2) is 9.97 Å². The molecule has 2 aromatic rings. The van der Waals surface area contributed by atoms with Crippen molar-refractivity contribution >= 4 is 17.1 Å². The van der Waals surface area contributed by atoms with Crippen molar-refractivity contribution in [3.05, 3.63) is 17.8 Å². The van der Waals surface area contributed by atoms with Crippen molar-refractivity contribution in [3.8, 4) is 0 Å². The normalized spacial score (nSPS) is 11.1. The molecule has 0 saturated carbocycles. The Bertz CT molecular complexity index is 492. The first-order valence-corrected chi connectivity index (χ1v) is 5.30. The zero-order chi connectivity index (χ0) is 11.5. The van der Waals surface area contributed by atoms with Crippen molar-refractivity contribution in [2.24, 2.45) is 0 Å². The minimum absolute atomic E-state index is 0.518. The van der Waals surface area contributed by atoms with Gasteiger partial charge in [0.2, 0.25) is 5.95 Å². The molecule has 0 bridgehead atoms. The van der Waals surface area contributed by atoms with Crippen molar-refractivity contribution in [1.29, 1.82) is 0 Å². The standard InChI is InChI=1S/C11H16N4O/c1-8-4-5-9-10(13-8)15(11(12)14-9)6-3-7-16-2/h4-5H,3,6-7H2,1-2H3,(H2,12,14). The minimum atomic E-state index is 0.518. The first-order chi connectivity index (χ1) is 7.72. The molecule has 0 aliphatic heterocycles. The highest BCUT2D eigenvalue weighted by atomic mass is 16.5. The second kappa shape index (κ2) is 4.49. The van der Waals surface area contributed by atoms with E-state index in [2.05, 4.69) is 9.97 Å². The van der Waals surface area contributed by atoms with Crippen LogP contribution in [-0.4, -0.2) is 28.3 Å². The molecule has 0 atom stereocenters. The fourth-order valence-corrected chi connectivity index (χ4v) is 1.70. The van der Waals surface area contributed by atoms with E-state index in [1.807, 2.05) is 23.6 Å². The van der Waals surface area contributed by atoms with Crippen LogP contribution in [-0.2, 0) is 11.3 Å². The Labute approximate surface area is 94.2 Å². The number of ether oxygens (including phenoxy) is 1. The maximum atomic E-state index is 5.86. The SMILES string of the molecule is COCCCn1c(N)nc2ccc(C)nc21. The fraction of sp³-hybridized carbons (Fsp3) is 0.455. The summed E-state index contributed by atoms with van der Waals surface area (Å²) in [5.74, 6) is 0.518. The Morgan fingerprint density at radius 2 is 2.19 bits per heavy atom. The van der Waals surface area contributed by atoms with Gasteiger partial charge in [-0.3, -0.25) is 4.57 Å². The zero-order valence-corrected chi connectivity index (χ0v) is 9.60. The summed E-state index contributed by atoms with van der Waals surface area (Å²) in [6.07, 6.45) is 0.905. The number of aryl methyl sites for hydroxylation is 2. The number of nitrogens with zero attached hydrogens (tertiary/aromatic N) is 3. The number of fused-ring (bicyclic) bond motifs is 1. The van der Waals surface area contributed by atoms with E-state index < -0.39 is 0 Å². The highest BCUT2D eigenvalue weighted by molar-refractivity contribution is 5.74. The lowest BCUT2D eigenvalue weighted by molar-refractivity contribution is 0.191. The van der Waals surface area contributed by atoms with Crippen LogP contribution in [0.4, 0.5) is 5.95 Å². The molecule has 2 N–H and O–H groups in total. The molecule has 0 amide bonds. The van der Waals surface area contributed by atoms with E-state index in [9.17, 15) is 0 Å². The monoisotopic (exact) mass is 220 g/mol. The van der Waals surface area contributed by atoms with Crippen molar-refractivity contribution in [2.75, 3.05) is 19.5 Å². The average molecular weight is 220 g/mol. The van der Waals surface area contributed by atoms with Crippen LogP contribution in [0.3, 0.4) is 0 Å². The van der Waals surface area contributed by atoms with E-state index >= 15 is 0 Å². The Morgan fingerprint density at radius 3 is 2.94 bits per heavy atom. The van der Waals surface area contributed by atoms with E-state index in [1.54, 1.807) is 7.11 Å². The number of anilines is 1. The van der Waals surface area contributed by atoms with Crippen LogP contribution in [0, 0.1) is 6.92 Å². The largest absolute Gasteiger partial charge is 0.385 e. The third kappa shape index (κ3) is 1.99. The number of pyridine rings is 1. The Morgan fingerprint density at radius 1 is 1.38 bits per heavy atom. The van der Waals surface area contributed by atoms with Gasteiger partial charge in [-0.05, 0) is 25.5 Å². The van der Waals surface area contributed by atoms with Gasteiger partial charge in [-0.1, -0.05) is 0 Å². The molecule has 0 aliphatic rings. The van der Waals surface area contributed by atoms with Crippen LogP contribution < -0.4 is 5.73 Å². The minimum Gasteiger partial charge on any atom is -0.385 e. The lowest BCUT2D eigenvalue weighted by Gasteiger charge is -2.05. The van der Waals surface area contributed by atoms with Crippen LogP contribution in [0.15, 0.2) is 12.1 Å². The van der Waals surface area contributed by atoms with Gasteiger partial charge in [-0.2, -0.15) is 0 Å². The molecule has 0 aliphatic carbocycles. The summed E-state index contributed by atoms with van der Waals surface area (Å²) in [6.45, 7) is 3.46. The number of methoxy groups -OCH3 is 1. The van der Waals surface area contributed by atoms with Crippen LogP contribution in [0.2, 0.25) is 0 Å². The van der Waals surface area contributed by atoms with E-state index in [4.69, 9.17) is 10.5 Å². The molecule has 0 fully saturated rings. The van der Waals surface area contributed by atoms with Gasteiger partial charge >= 0.3 is 0 Å². The van der Waals surface area contributed by atoms with Gasteiger partial charge in [-0.15, -0.1) is 0 Å². The molecule has 5 heteroatoms. The number of nitrogens with two attached hydrogens (primary N) is 1. The fourth-order valence-electron chi connectivity index (χ4n) is 1.70. The predicted molar refractivity (Wildman–Crippen MR) is 63.2 cm³/mol. The molecule has 0 unspecified atom stereocenters. The molecule has 2 rings (SSSR count). The molecular formula is C11H16N4O. The molecule has 0 radical (unpaired) electrons. The summed E-state index contributed by atoms with van der Waals surface area (Å²) in [5.41, 5.74) is 8.53. The molecule has 16 heavy (non-hydrogen) atoms. The molecular weight excluding hydrogens is 204 g/mol. The third-order valence-electron chi connectivity index (χ3n) is 2.49. The summed E-state index contributed by atoms with van der Waals surface area (Å²) in [7, 11) is 1.69. The Kier molecular flexibility index (Phi) is 3.05. The topological polar surface area (TPSA) is 66.0 Å². The summed E-state index contributed by atoms with van der Waals surface area (Å²) >= 11 is 0. The van der Waals surface area contributed by atoms with Crippen LogP contribution >= 0.6 is 0 Å². The van der Waals surface area contributed by atoms with Gasteiger partial charge in [0.1, 0.15) is 5.52 Å². The Hall–Kier alpha value is -1.62. The average Bonchev–Trinajstić information content (AvgIpc) is 2.56. The smallest absolute Gasteiger partial charge is 0.202 e. The first kappa shape index (κ1) is 10.9. The van der Waals surface area contributed by atoms with E-state index in [0.717, 1.165) is 29.8 Å². The van der Waals surface area contributed by atoms with Crippen molar-refractivity contribution in [2.45, 2.75) is 19.9 Å². The second-order valence-electron chi connectivity index (χ2n) is 3.76. The summed E-state index contributed by atoms with van der Waals surface area (Å²) in [6, 6.07) is 3.88. The number of imidazole rings is 1. The highest BCUT2D eigenvalue weighted by Crippen LogP contribution is 2.16. The van der Waals surface area contributed by atoms with Gasteiger partial charge < -0.3 is 10.5 Å². The predicted octanol–water partition coefficient (Wildman–Crippen LogP) is 1.36. The molecule has 2 heterocycles. The van der Waals surface area contributed by atoms with Gasteiger partial charge in [0, 0.05) is 26.0 Å². The third-order valence-corrected chi connectivity index (χ3v) is 2.49. The summed E-state index contributed by atoms with van der Waals surface area (Å²) in [5, 5.41) is 0. The molecule has 0 spiro atoms. The van der Waals surface area contributed by atoms with Crippen LogP contribution in [0.25, 0.3) is 11.2 Å². The lowest BCUT2D eigenvalue weighted by atomic mass is 10.3. The molecule has 2 aromatic heterocycles. The number of hydrogen-bond acceptors (Lipinski definition) is 4. The second-order valence-corrected chi connectivity index (χ2v) is 3.76. The van der Waals surface area contributed by atoms with Crippen LogP contribution in [0.1, 0.15) is 12.1 Å². The summed E-state index contributed by atoms with van der Waals surface area (Å²) in [4.78, 5) is 8.73. The van der Waals surface area contributed by atoms with Crippen molar-refractivity contribution in [3.63, 3.8) is 0 Å². The Balaban J connectivity index is 2.34. The van der Waals surface area contributed by atoms with Crippen LogP contribution in [0.5, 0.6) is 0 Å². The molecule has 0 aromatic carbocycles. The van der Waals surface area contributed by atoms with Gasteiger partial charge in [0.05, 0.1) is 0 Å². The number of aromatic nitrogens is 3. The van der Waals surface area contributed by atoms with Gasteiger partial charge in [0.15, 0.2) is 5.65 Å². The van der Waals surface area contributed by atoms with Crippen molar-refractivity contribution in [1.82, 2.24) is 14.5 Å². The van der Waals surface area contributed by atoms with E-state index in [-0.39, 0.29) is 0 Å². The maximum Gasteiger partial charge on any atom is 0.202 e. The molecule has 5 nitrogen and oxygen atoms in total. The highest BCUT2D eigenvalue weighted by Gasteiger charge is 2.08. The number of hydrogen-bond donors (Lipinski definition) is 1. The van der Waals surface area contributed by atoms with Crippen molar-refractivity contribution < 1.29 is 4.74 Å². The number of nitrogen functional groups attached to an aromatic ring is 1.